The monoisotopic (exact) mass is 159 g/mol. The first kappa shape index (κ1) is 8.80. The number of rotatable bonds is 3. The minimum atomic E-state index is 0.520. The first-order valence-corrected chi connectivity index (χ1v) is 4.31. The summed E-state index contributed by atoms with van der Waals surface area (Å²) < 4.78 is 0. The molecule has 0 aliphatic heterocycles. The quantitative estimate of drug-likeness (QED) is 0.665. The van der Waals surface area contributed by atoms with Crippen molar-refractivity contribution in [1.29, 1.82) is 5.26 Å². The third-order valence-electron chi connectivity index (χ3n) is 1.84. The Morgan fingerprint density at radius 1 is 1.17 bits per heavy atom. The van der Waals surface area contributed by atoms with Crippen LogP contribution in [0.4, 0.5) is 0 Å². The van der Waals surface area contributed by atoms with Gasteiger partial charge < -0.3 is 0 Å². The van der Waals surface area contributed by atoms with Crippen molar-refractivity contribution in [2.24, 2.45) is 0 Å². The zero-order valence-corrected chi connectivity index (χ0v) is 7.38. The Hall–Kier alpha value is -1.29. The van der Waals surface area contributed by atoms with E-state index in [9.17, 15) is 0 Å². The minimum absolute atomic E-state index is 0.520. The topological polar surface area (TPSA) is 23.8 Å². The highest BCUT2D eigenvalue weighted by Crippen LogP contribution is 2.06. The number of nitriles is 1. The maximum absolute atomic E-state index is 8.44. The largest absolute Gasteiger partial charge is 0.198 e. The fraction of sp³-hybridized carbons (Fsp3) is 0.364. The molecule has 0 aromatic heterocycles. The van der Waals surface area contributed by atoms with Gasteiger partial charge in [-0.05, 0) is 17.5 Å². The second-order valence-electron chi connectivity index (χ2n) is 2.90. The summed E-state index contributed by atoms with van der Waals surface area (Å²) in [5.41, 5.74) is 2.47. The molecule has 0 saturated carbocycles. The van der Waals surface area contributed by atoms with E-state index < -0.39 is 0 Å². The molecule has 1 heteroatoms. The SMILES string of the molecule is CCCc1ccc(CC#N)cc1. The molecule has 1 rings (SSSR count). The first-order valence-electron chi connectivity index (χ1n) is 4.31. The van der Waals surface area contributed by atoms with E-state index >= 15 is 0 Å². The number of hydrogen-bond acceptors (Lipinski definition) is 1. The summed E-state index contributed by atoms with van der Waals surface area (Å²) >= 11 is 0. The van der Waals surface area contributed by atoms with Crippen molar-refractivity contribution in [3.8, 4) is 6.07 Å². The average molecular weight is 159 g/mol. The summed E-state index contributed by atoms with van der Waals surface area (Å²) in [6.07, 6.45) is 2.83. The first-order chi connectivity index (χ1) is 5.86. The second kappa shape index (κ2) is 4.56. The number of hydrogen-bond donors (Lipinski definition) is 0. The van der Waals surface area contributed by atoms with Gasteiger partial charge >= 0.3 is 0 Å². The molecular weight excluding hydrogens is 146 g/mol. The molecule has 0 fully saturated rings. The highest BCUT2D eigenvalue weighted by Gasteiger charge is 1.92. The molecule has 0 heterocycles. The van der Waals surface area contributed by atoms with Crippen LogP contribution in [0.1, 0.15) is 24.5 Å². The van der Waals surface area contributed by atoms with E-state index in [4.69, 9.17) is 5.26 Å². The van der Waals surface area contributed by atoms with Gasteiger partial charge in [-0.3, -0.25) is 0 Å². The molecule has 0 saturated heterocycles. The Morgan fingerprint density at radius 3 is 2.25 bits per heavy atom. The summed E-state index contributed by atoms with van der Waals surface area (Å²) in [7, 11) is 0. The van der Waals surface area contributed by atoms with Crippen LogP contribution in [-0.2, 0) is 12.8 Å². The van der Waals surface area contributed by atoms with Crippen LogP contribution in [0.25, 0.3) is 0 Å². The maximum atomic E-state index is 8.44. The van der Waals surface area contributed by atoms with Gasteiger partial charge in [0, 0.05) is 0 Å². The van der Waals surface area contributed by atoms with Crippen LogP contribution < -0.4 is 0 Å². The molecule has 0 bridgehead atoms. The molecule has 1 aromatic rings. The van der Waals surface area contributed by atoms with Crippen LogP contribution in [0.5, 0.6) is 0 Å². The van der Waals surface area contributed by atoms with E-state index in [1.165, 1.54) is 12.0 Å². The Morgan fingerprint density at radius 2 is 1.75 bits per heavy atom. The molecule has 0 aliphatic rings. The van der Waals surface area contributed by atoms with Gasteiger partial charge in [0.15, 0.2) is 0 Å². The summed E-state index contributed by atoms with van der Waals surface area (Å²) in [5.74, 6) is 0. The van der Waals surface area contributed by atoms with E-state index in [0.29, 0.717) is 6.42 Å². The lowest BCUT2D eigenvalue weighted by molar-refractivity contribution is 0.920. The summed E-state index contributed by atoms with van der Waals surface area (Å²) in [4.78, 5) is 0. The molecule has 62 valence electrons. The molecule has 0 N–H and O–H groups in total. The zero-order valence-electron chi connectivity index (χ0n) is 7.38. The Kier molecular flexibility index (Phi) is 3.35. The number of nitrogens with zero attached hydrogens (tertiary/aromatic N) is 1. The standard InChI is InChI=1S/C11H13N/c1-2-3-10-4-6-11(7-5-10)8-9-12/h4-7H,2-3,8H2,1H3. The lowest BCUT2D eigenvalue weighted by Crippen LogP contribution is -1.85. The van der Waals surface area contributed by atoms with Crippen molar-refractivity contribution >= 4 is 0 Å². The van der Waals surface area contributed by atoms with Gasteiger partial charge in [0.05, 0.1) is 12.5 Å². The molecule has 1 aromatic carbocycles. The van der Waals surface area contributed by atoms with Gasteiger partial charge in [-0.25, -0.2) is 0 Å². The second-order valence-corrected chi connectivity index (χ2v) is 2.90. The summed E-state index contributed by atoms with van der Waals surface area (Å²) in [5, 5.41) is 8.44. The minimum Gasteiger partial charge on any atom is -0.198 e. The van der Waals surface area contributed by atoms with Crippen molar-refractivity contribution < 1.29 is 0 Å². The lowest BCUT2D eigenvalue weighted by atomic mass is 10.1. The molecule has 0 atom stereocenters. The predicted octanol–water partition coefficient (Wildman–Crippen LogP) is 2.71. The van der Waals surface area contributed by atoms with E-state index in [0.717, 1.165) is 12.0 Å². The van der Waals surface area contributed by atoms with Crippen molar-refractivity contribution in [2.45, 2.75) is 26.2 Å². The highest BCUT2D eigenvalue weighted by molar-refractivity contribution is 5.24. The van der Waals surface area contributed by atoms with Gasteiger partial charge in [0.2, 0.25) is 0 Å². The van der Waals surface area contributed by atoms with Crippen LogP contribution in [0, 0.1) is 11.3 Å². The van der Waals surface area contributed by atoms with Crippen molar-refractivity contribution in [3.05, 3.63) is 35.4 Å². The third-order valence-corrected chi connectivity index (χ3v) is 1.84. The summed E-state index contributed by atoms with van der Waals surface area (Å²) in [6.45, 7) is 2.17. The van der Waals surface area contributed by atoms with Gasteiger partial charge in [-0.1, -0.05) is 37.6 Å². The van der Waals surface area contributed by atoms with Crippen molar-refractivity contribution in [2.75, 3.05) is 0 Å². The molecule has 0 spiro atoms. The molecule has 12 heavy (non-hydrogen) atoms. The van der Waals surface area contributed by atoms with Crippen molar-refractivity contribution in [1.82, 2.24) is 0 Å². The van der Waals surface area contributed by atoms with Crippen LogP contribution in [0.3, 0.4) is 0 Å². The fourth-order valence-corrected chi connectivity index (χ4v) is 1.20. The highest BCUT2D eigenvalue weighted by atomic mass is 14.2. The predicted molar refractivity (Wildman–Crippen MR) is 49.8 cm³/mol. The van der Waals surface area contributed by atoms with E-state index in [-0.39, 0.29) is 0 Å². The number of benzene rings is 1. The van der Waals surface area contributed by atoms with Gasteiger partial charge in [-0.15, -0.1) is 0 Å². The molecule has 1 nitrogen and oxygen atoms in total. The molecular formula is C11H13N. The third kappa shape index (κ3) is 2.39. The van der Waals surface area contributed by atoms with E-state index in [1.807, 2.05) is 12.1 Å². The lowest BCUT2D eigenvalue weighted by Gasteiger charge is -1.98. The molecule has 0 aliphatic carbocycles. The molecule has 0 amide bonds. The van der Waals surface area contributed by atoms with E-state index in [2.05, 4.69) is 25.1 Å². The fourth-order valence-electron chi connectivity index (χ4n) is 1.20. The van der Waals surface area contributed by atoms with Gasteiger partial charge in [0.1, 0.15) is 0 Å². The van der Waals surface area contributed by atoms with E-state index in [1.54, 1.807) is 0 Å². The van der Waals surface area contributed by atoms with Crippen LogP contribution in [0.2, 0.25) is 0 Å². The van der Waals surface area contributed by atoms with Gasteiger partial charge in [0.25, 0.3) is 0 Å². The maximum Gasteiger partial charge on any atom is 0.0669 e. The van der Waals surface area contributed by atoms with Crippen LogP contribution >= 0.6 is 0 Å². The Labute approximate surface area is 73.6 Å². The number of aryl methyl sites for hydroxylation is 1. The van der Waals surface area contributed by atoms with Crippen molar-refractivity contribution in [3.63, 3.8) is 0 Å². The summed E-state index contributed by atoms with van der Waals surface area (Å²) in [6, 6.07) is 10.4. The zero-order chi connectivity index (χ0) is 8.81. The smallest absolute Gasteiger partial charge is 0.0669 e. The Balaban J connectivity index is 2.66. The normalized spacial score (nSPS) is 9.33. The van der Waals surface area contributed by atoms with Crippen LogP contribution in [0.15, 0.2) is 24.3 Å². The molecule has 0 radical (unpaired) electrons. The van der Waals surface area contributed by atoms with Gasteiger partial charge in [-0.2, -0.15) is 5.26 Å². The van der Waals surface area contributed by atoms with Crippen LogP contribution in [-0.4, -0.2) is 0 Å². The Bertz CT molecular complexity index is 266. The molecule has 0 unspecified atom stereocenters. The average Bonchev–Trinajstić information content (AvgIpc) is 2.09.